The Hall–Kier alpha value is -2.57. The van der Waals surface area contributed by atoms with Gasteiger partial charge in [-0.05, 0) is 45.9 Å². The molecule has 0 bridgehead atoms. The smallest absolute Gasteiger partial charge is 0.315 e. The van der Waals surface area contributed by atoms with Gasteiger partial charge in [-0.1, -0.05) is 0 Å². The predicted molar refractivity (Wildman–Crippen MR) is 93.8 cm³/mol. The van der Waals surface area contributed by atoms with Crippen LogP contribution in [0.4, 0.5) is 9.18 Å². The molecule has 0 aliphatic carbocycles. The quantitative estimate of drug-likeness (QED) is 0.749. The summed E-state index contributed by atoms with van der Waals surface area (Å²) >= 11 is 0. The van der Waals surface area contributed by atoms with Gasteiger partial charge in [-0.15, -0.1) is 0 Å². The Morgan fingerprint density at radius 3 is 2.60 bits per heavy atom. The first-order chi connectivity index (χ1) is 11.8. The Morgan fingerprint density at radius 2 is 1.92 bits per heavy atom. The Kier molecular flexibility index (Phi) is 6.01. The molecule has 0 unspecified atom stereocenters. The van der Waals surface area contributed by atoms with E-state index in [-0.39, 0.29) is 36.8 Å². The van der Waals surface area contributed by atoms with E-state index in [1.54, 1.807) is 13.0 Å². The van der Waals surface area contributed by atoms with Crippen LogP contribution in [-0.4, -0.2) is 24.5 Å². The molecule has 1 heterocycles. The van der Waals surface area contributed by atoms with Gasteiger partial charge in [0, 0.05) is 30.0 Å². The van der Waals surface area contributed by atoms with Crippen LogP contribution in [0.1, 0.15) is 44.6 Å². The van der Waals surface area contributed by atoms with Crippen molar-refractivity contribution in [2.75, 3.05) is 6.54 Å². The van der Waals surface area contributed by atoms with Crippen LogP contribution in [-0.2, 0) is 4.79 Å². The van der Waals surface area contributed by atoms with Crippen LogP contribution in [0.3, 0.4) is 0 Å². The number of halogens is 1. The molecule has 0 saturated heterocycles. The van der Waals surface area contributed by atoms with Crippen molar-refractivity contribution in [1.29, 1.82) is 0 Å². The molecular formula is C18H24FN3O3. The van der Waals surface area contributed by atoms with Crippen molar-refractivity contribution < 1.29 is 18.4 Å². The summed E-state index contributed by atoms with van der Waals surface area (Å²) in [5.41, 5.74) is 1.37. The van der Waals surface area contributed by atoms with Crippen LogP contribution in [0, 0.1) is 12.7 Å². The van der Waals surface area contributed by atoms with Crippen molar-refractivity contribution in [1.82, 2.24) is 16.0 Å². The number of urea groups is 1. The predicted octanol–water partition coefficient (Wildman–Crippen LogP) is 3.16. The number of carbonyl (C=O) groups excluding carboxylic acids is 2. The lowest BCUT2D eigenvalue weighted by atomic mass is 10.1. The Labute approximate surface area is 146 Å². The molecule has 1 aromatic heterocycles. The van der Waals surface area contributed by atoms with Gasteiger partial charge in [0.2, 0.25) is 5.91 Å². The summed E-state index contributed by atoms with van der Waals surface area (Å²) < 4.78 is 19.1. The van der Waals surface area contributed by atoms with Gasteiger partial charge < -0.3 is 20.4 Å². The molecular weight excluding hydrogens is 325 g/mol. The molecule has 3 amide bonds. The first-order valence-electron chi connectivity index (χ1n) is 8.30. The van der Waals surface area contributed by atoms with E-state index in [2.05, 4.69) is 16.0 Å². The summed E-state index contributed by atoms with van der Waals surface area (Å²) in [4.78, 5) is 23.5. The lowest BCUT2D eigenvalue weighted by molar-refractivity contribution is -0.121. The molecule has 0 saturated carbocycles. The second-order valence-corrected chi connectivity index (χ2v) is 6.33. The molecule has 2 rings (SSSR count). The minimum atomic E-state index is -0.393. The third-order valence-corrected chi connectivity index (χ3v) is 3.76. The van der Waals surface area contributed by atoms with Crippen LogP contribution in [0.15, 0.2) is 22.6 Å². The average Bonchev–Trinajstić information content (AvgIpc) is 2.83. The molecule has 0 aliphatic rings. The molecule has 25 heavy (non-hydrogen) atoms. The van der Waals surface area contributed by atoms with Crippen LogP contribution < -0.4 is 16.0 Å². The maximum absolute atomic E-state index is 13.4. The number of rotatable bonds is 6. The fourth-order valence-electron chi connectivity index (χ4n) is 2.62. The summed E-state index contributed by atoms with van der Waals surface area (Å²) in [5.74, 6) is 0.132. The normalized spacial score (nSPS) is 12.2. The number of benzene rings is 1. The first kappa shape index (κ1) is 18.8. The fourth-order valence-corrected chi connectivity index (χ4v) is 2.62. The second kappa shape index (κ2) is 8.00. The van der Waals surface area contributed by atoms with Crippen molar-refractivity contribution >= 4 is 22.9 Å². The number of amides is 3. The molecule has 1 aromatic carbocycles. The topological polar surface area (TPSA) is 83.4 Å². The molecule has 3 N–H and O–H groups in total. The van der Waals surface area contributed by atoms with Gasteiger partial charge in [-0.3, -0.25) is 4.79 Å². The highest BCUT2D eigenvalue weighted by Crippen LogP contribution is 2.29. The molecule has 1 atom stereocenters. The Balaban J connectivity index is 1.91. The molecule has 0 fully saturated rings. The van der Waals surface area contributed by atoms with Gasteiger partial charge in [-0.25, -0.2) is 9.18 Å². The maximum atomic E-state index is 13.4. The van der Waals surface area contributed by atoms with Crippen LogP contribution in [0.25, 0.3) is 11.0 Å². The van der Waals surface area contributed by atoms with Gasteiger partial charge in [0.25, 0.3) is 0 Å². The van der Waals surface area contributed by atoms with E-state index in [0.29, 0.717) is 16.7 Å². The Bertz CT molecular complexity index is 770. The molecule has 0 radical (unpaired) electrons. The third-order valence-electron chi connectivity index (χ3n) is 3.76. The standard InChI is InChI=1S/C18H24FN3O3/c1-10(2)21-16(23)7-8-20-18(24)22-12(4)17-11(3)14-9-13(19)5-6-15(14)25-17/h5-6,9-10,12H,7-8H2,1-4H3,(H,21,23)(H2,20,22,24)/t12-/m0/s1. The minimum absolute atomic E-state index is 0.0715. The van der Waals surface area contributed by atoms with E-state index in [4.69, 9.17) is 4.42 Å². The van der Waals surface area contributed by atoms with Gasteiger partial charge in [0.15, 0.2) is 0 Å². The number of furan rings is 1. The Morgan fingerprint density at radius 1 is 1.20 bits per heavy atom. The highest BCUT2D eigenvalue weighted by molar-refractivity contribution is 5.83. The SMILES string of the molecule is Cc1c([C@H](C)NC(=O)NCCC(=O)NC(C)C)oc2ccc(F)cc12. The van der Waals surface area contributed by atoms with Crippen molar-refractivity contribution in [3.63, 3.8) is 0 Å². The van der Waals surface area contributed by atoms with E-state index < -0.39 is 6.03 Å². The van der Waals surface area contributed by atoms with Crippen LogP contribution >= 0.6 is 0 Å². The number of nitrogens with one attached hydrogen (secondary N) is 3. The number of aryl methyl sites for hydroxylation is 1. The molecule has 0 spiro atoms. The number of hydrogen-bond acceptors (Lipinski definition) is 3. The van der Waals surface area contributed by atoms with Crippen molar-refractivity contribution in [2.45, 2.75) is 46.2 Å². The molecule has 0 aliphatic heterocycles. The average molecular weight is 349 g/mol. The van der Waals surface area contributed by atoms with Gasteiger partial charge in [-0.2, -0.15) is 0 Å². The first-order valence-corrected chi connectivity index (χ1v) is 8.30. The van der Waals surface area contributed by atoms with Gasteiger partial charge >= 0.3 is 6.03 Å². The molecule has 6 nitrogen and oxygen atoms in total. The lowest BCUT2D eigenvalue weighted by Gasteiger charge is -2.14. The third kappa shape index (κ3) is 4.95. The largest absolute Gasteiger partial charge is 0.459 e. The van der Waals surface area contributed by atoms with E-state index in [1.807, 2.05) is 20.8 Å². The summed E-state index contributed by atoms with van der Waals surface area (Å²) in [6.45, 7) is 7.60. The summed E-state index contributed by atoms with van der Waals surface area (Å²) in [7, 11) is 0. The second-order valence-electron chi connectivity index (χ2n) is 6.33. The van der Waals surface area contributed by atoms with Crippen molar-refractivity contribution in [2.24, 2.45) is 0 Å². The minimum Gasteiger partial charge on any atom is -0.459 e. The van der Waals surface area contributed by atoms with E-state index >= 15 is 0 Å². The van der Waals surface area contributed by atoms with E-state index in [0.717, 1.165) is 5.56 Å². The molecule has 7 heteroatoms. The van der Waals surface area contributed by atoms with Gasteiger partial charge in [0.05, 0.1) is 6.04 Å². The molecule has 136 valence electrons. The number of fused-ring (bicyclic) bond motifs is 1. The fraction of sp³-hybridized carbons (Fsp3) is 0.444. The van der Waals surface area contributed by atoms with Crippen molar-refractivity contribution in [3.05, 3.63) is 35.3 Å². The van der Waals surface area contributed by atoms with E-state index in [9.17, 15) is 14.0 Å². The highest BCUT2D eigenvalue weighted by Gasteiger charge is 2.18. The maximum Gasteiger partial charge on any atom is 0.315 e. The molecule has 2 aromatic rings. The zero-order valence-corrected chi connectivity index (χ0v) is 14.9. The van der Waals surface area contributed by atoms with Crippen molar-refractivity contribution in [3.8, 4) is 0 Å². The number of hydrogen-bond donors (Lipinski definition) is 3. The zero-order valence-electron chi connectivity index (χ0n) is 14.9. The zero-order chi connectivity index (χ0) is 18.6. The van der Waals surface area contributed by atoms with Crippen LogP contribution in [0.5, 0.6) is 0 Å². The summed E-state index contributed by atoms with van der Waals surface area (Å²) in [6, 6.07) is 3.61. The highest BCUT2D eigenvalue weighted by atomic mass is 19.1. The van der Waals surface area contributed by atoms with Crippen LogP contribution in [0.2, 0.25) is 0 Å². The summed E-state index contributed by atoms with van der Waals surface area (Å²) in [6.07, 6.45) is 0.211. The lowest BCUT2D eigenvalue weighted by Crippen LogP contribution is -2.39. The number of carbonyl (C=O) groups is 2. The van der Waals surface area contributed by atoms with Gasteiger partial charge in [0.1, 0.15) is 17.2 Å². The monoisotopic (exact) mass is 349 g/mol. The summed E-state index contributed by atoms with van der Waals surface area (Å²) in [5, 5.41) is 8.84. The van der Waals surface area contributed by atoms with E-state index in [1.165, 1.54) is 12.1 Å².